The largest absolute Gasteiger partial charge is 0.466 e. The second kappa shape index (κ2) is 11.3. The molecule has 0 N–H and O–H groups in total. The predicted octanol–water partition coefficient (Wildman–Crippen LogP) is 4.69. The molecule has 1 aliphatic heterocycles. The van der Waals surface area contributed by atoms with E-state index >= 15 is 0 Å². The highest BCUT2D eigenvalue weighted by molar-refractivity contribution is 6.59. The van der Waals surface area contributed by atoms with E-state index in [-0.39, 0.29) is 29.4 Å². The zero-order valence-corrected chi connectivity index (χ0v) is 20.4. The smallest absolute Gasteiger partial charge is 0.301 e. The molecule has 32 heavy (non-hydrogen) atoms. The van der Waals surface area contributed by atoms with Gasteiger partial charge in [0, 0.05) is 12.9 Å². The minimum absolute atomic E-state index is 0.0153. The number of ether oxygens (including phenoxy) is 3. The normalized spacial score (nSPS) is 27.0. The summed E-state index contributed by atoms with van der Waals surface area (Å²) in [5, 5.41) is 0. The lowest BCUT2D eigenvalue weighted by Crippen LogP contribution is -2.37. The number of carbonyl (C=O) groups excluding carboxylic acids is 1. The topological polar surface area (TPSA) is 44.8 Å². The van der Waals surface area contributed by atoms with Crippen LogP contribution in [0.25, 0.3) is 6.08 Å². The summed E-state index contributed by atoms with van der Waals surface area (Å²) in [5.74, 6) is 0.524. The van der Waals surface area contributed by atoms with Crippen LogP contribution in [0.15, 0.2) is 42.0 Å². The van der Waals surface area contributed by atoms with Crippen molar-refractivity contribution in [1.29, 1.82) is 0 Å². The zero-order chi connectivity index (χ0) is 23.1. The first kappa shape index (κ1) is 24.8. The zero-order valence-electron chi connectivity index (χ0n) is 20.4. The minimum Gasteiger partial charge on any atom is -0.466 e. The predicted molar refractivity (Wildman–Crippen MR) is 133 cm³/mol. The maximum Gasteiger partial charge on any atom is 0.301 e. The first-order valence-electron chi connectivity index (χ1n) is 12.0. The highest BCUT2D eigenvalue weighted by Crippen LogP contribution is 2.33. The minimum atomic E-state index is -0.0603. The second-order valence-electron chi connectivity index (χ2n) is 10.3. The van der Waals surface area contributed by atoms with E-state index in [1.165, 1.54) is 11.0 Å². The molecule has 1 aromatic rings. The number of benzene rings is 1. The van der Waals surface area contributed by atoms with Gasteiger partial charge in [-0.05, 0) is 49.5 Å². The molecule has 2 aliphatic rings. The summed E-state index contributed by atoms with van der Waals surface area (Å²) in [5.41, 5.74) is 3.99. The number of cyclic esters (lactones) is 1. The number of hydrogen-bond acceptors (Lipinski definition) is 4. The fourth-order valence-corrected chi connectivity index (χ4v) is 4.46. The van der Waals surface area contributed by atoms with Gasteiger partial charge in [-0.2, -0.15) is 0 Å². The third-order valence-electron chi connectivity index (χ3n) is 6.97. The number of allylic oxidation sites excluding steroid dienone is 2. The molecule has 1 heterocycles. The Bertz CT molecular complexity index is 806. The summed E-state index contributed by atoms with van der Waals surface area (Å²) in [4.78, 5) is 11.6. The molecule has 174 valence electrons. The first-order valence-corrected chi connectivity index (χ1v) is 12.0. The summed E-state index contributed by atoms with van der Waals surface area (Å²) < 4.78 is 17.0. The van der Waals surface area contributed by atoms with E-state index in [2.05, 4.69) is 70.2 Å². The monoisotopic (exact) mass is 438 g/mol. The SMILES string of the molecule is CO[C@@H]1CC(/C=C(\C)C(C)(C)C)CCC1OC/C=C/c1ccc(BC2CCOC2=O)cc1. The maximum absolute atomic E-state index is 11.6. The van der Waals surface area contributed by atoms with Gasteiger partial charge < -0.3 is 14.2 Å². The Kier molecular flexibility index (Phi) is 8.78. The molecular formula is C27H39BO4. The summed E-state index contributed by atoms with van der Waals surface area (Å²) in [6.07, 6.45) is 10.9. The van der Waals surface area contributed by atoms with E-state index in [4.69, 9.17) is 14.2 Å². The van der Waals surface area contributed by atoms with Crippen LogP contribution in [0.4, 0.5) is 0 Å². The van der Waals surface area contributed by atoms with Gasteiger partial charge in [-0.25, -0.2) is 0 Å². The lowest BCUT2D eigenvalue weighted by atomic mass is 9.58. The van der Waals surface area contributed by atoms with Crippen LogP contribution in [0.3, 0.4) is 0 Å². The Labute approximate surface area is 194 Å². The summed E-state index contributed by atoms with van der Waals surface area (Å²) in [6.45, 7) is 10.2. The van der Waals surface area contributed by atoms with E-state index in [0.29, 0.717) is 19.1 Å². The van der Waals surface area contributed by atoms with Gasteiger partial charge in [0.2, 0.25) is 0 Å². The van der Waals surface area contributed by atoms with Crippen LogP contribution in [0.2, 0.25) is 5.82 Å². The molecule has 1 saturated carbocycles. The van der Waals surface area contributed by atoms with E-state index in [1.807, 2.05) is 0 Å². The fraction of sp³-hybridized carbons (Fsp3) is 0.593. The Hall–Kier alpha value is -1.85. The standard InChI is InChI=1S/C27H39BO4/c1-19(27(2,3)4)17-21-10-13-24(25(18-21)30-5)31-15-6-7-20-8-11-22(12-9-20)28-23-14-16-32-26(23)29/h6-9,11-12,17,21,23-25,28H,10,13-16,18H2,1-5H3/b7-6+,19-17+/t21?,23?,24?,25-/m1/s1. The molecule has 4 atom stereocenters. The van der Waals surface area contributed by atoms with Crippen molar-refractivity contribution in [2.75, 3.05) is 20.3 Å². The van der Waals surface area contributed by atoms with Gasteiger partial charge in [0.05, 0.1) is 25.4 Å². The van der Waals surface area contributed by atoms with Crippen molar-refractivity contribution < 1.29 is 19.0 Å². The Morgan fingerprint density at radius 3 is 2.53 bits per heavy atom. The molecule has 1 aromatic carbocycles. The fourth-order valence-electron chi connectivity index (χ4n) is 4.46. The highest BCUT2D eigenvalue weighted by Gasteiger charge is 2.31. The van der Waals surface area contributed by atoms with Crippen molar-refractivity contribution in [2.24, 2.45) is 11.3 Å². The Morgan fingerprint density at radius 1 is 1.16 bits per heavy atom. The average molecular weight is 438 g/mol. The van der Waals surface area contributed by atoms with Crippen molar-refractivity contribution in [3.05, 3.63) is 47.6 Å². The van der Waals surface area contributed by atoms with Crippen LogP contribution in [0, 0.1) is 11.3 Å². The molecule has 4 nitrogen and oxygen atoms in total. The Balaban J connectivity index is 1.45. The van der Waals surface area contributed by atoms with Gasteiger partial charge in [0.15, 0.2) is 7.28 Å². The number of methoxy groups -OCH3 is 1. The van der Waals surface area contributed by atoms with Crippen molar-refractivity contribution in [2.45, 2.75) is 71.4 Å². The molecule has 2 fully saturated rings. The van der Waals surface area contributed by atoms with E-state index in [1.54, 1.807) is 7.11 Å². The molecule has 0 radical (unpaired) electrons. The van der Waals surface area contributed by atoms with Crippen molar-refractivity contribution in [3.8, 4) is 0 Å². The second-order valence-corrected chi connectivity index (χ2v) is 10.3. The Morgan fingerprint density at radius 2 is 1.91 bits per heavy atom. The van der Waals surface area contributed by atoms with Crippen LogP contribution in [0.5, 0.6) is 0 Å². The molecule has 0 bridgehead atoms. The van der Waals surface area contributed by atoms with Gasteiger partial charge in [0.25, 0.3) is 0 Å². The third-order valence-corrected chi connectivity index (χ3v) is 6.97. The average Bonchev–Trinajstić information content (AvgIpc) is 3.16. The molecule has 0 aromatic heterocycles. The van der Waals surface area contributed by atoms with Gasteiger partial charge in [0.1, 0.15) is 0 Å². The number of carbonyl (C=O) groups is 1. The molecule has 1 saturated heterocycles. The van der Waals surface area contributed by atoms with Crippen molar-refractivity contribution in [1.82, 2.24) is 0 Å². The van der Waals surface area contributed by atoms with Crippen LogP contribution >= 0.6 is 0 Å². The van der Waals surface area contributed by atoms with Crippen LogP contribution in [-0.4, -0.2) is 45.8 Å². The van der Waals surface area contributed by atoms with E-state index < -0.39 is 0 Å². The van der Waals surface area contributed by atoms with E-state index in [9.17, 15) is 4.79 Å². The number of rotatable bonds is 8. The lowest BCUT2D eigenvalue weighted by Gasteiger charge is -2.35. The quantitative estimate of drug-likeness (QED) is 0.336. The van der Waals surface area contributed by atoms with Gasteiger partial charge in [-0.3, -0.25) is 4.79 Å². The number of esters is 1. The molecule has 1 aliphatic carbocycles. The molecule has 0 amide bonds. The van der Waals surface area contributed by atoms with Crippen LogP contribution in [0.1, 0.15) is 58.9 Å². The first-order chi connectivity index (χ1) is 15.3. The van der Waals surface area contributed by atoms with Gasteiger partial charge >= 0.3 is 5.97 Å². The summed E-state index contributed by atoms with van der Waals surface area (Å²) >= 11 is 0. The molecule has 3 rings (SSSR count). The molecular weight excluding hydrogens is 399 g/mol. The number of hydrogen-bond donors (Lipinski definition) is 0. The van der Waals surface area contributed by atoms with E-state index in [0.717, 1.165) is 38.5 Å². The van der Waals surface area contributed by atoms with Gasteiger partial charge in [-0.15, -0.1) is 0 Å². The summed E-state index contributed by atoms with van der Waals surface area (Å²) in [7, 11) is 2.56. The maximum atomic E-state index is 11.6. The van der Waals surface area contributed by atoms with Crippen LogP contribution < -0.4 is 5.46 Å². The summed E-state index contributed by atoms with van der Waals surface area (Å²) in [6, 6.07) is 8.39. The lowest BCUT2D eigenvalue weighted by molar-refractivity contribution is -0.137. The van der Waals surface area contributed by atoms with Gasteiger partial charge in [-0.1, -0.05) is 74.3 Å². The molecule has 0 spiro atoms. The molecule has 5 heteroatoms. The highest BCUT2D eigenvalue weighted by atomic mass is 16.5. The van der Waals surface area contributed by atoms with Crippen LogP contribution in [-0.2, 0) is 19.0 Å². The van der Waals surface area contributed by atoms with Crippen molar-refractivity contribution >= 4 is 24.8 Å². The third kappa shape index (κ3) is 7.08. The van der Waals surface area contributed by atoms with Crippen molar-refractivity contribution in [3.63, 3.8) is 0 Å². The molecule has 3 unspecified atom stereocenters.